The summed E-state index contributed by atoms with van der Waals surface area (Å²) in [5.41, 5.74) is -0.645. The number of nitro groups is 1. The van der Waals surface area contributed by atoms with Crippen LogP contribution in [0.5, 0.6) is 0 Å². The SMILES string of the molecule is CCCCCCCCCCCCCCCCCCN(C)S(=O)(=O)c1ccc(-n2oc(-c3ccccc3)c(CCl)c2=O)c([N+](=O)[O-])c1. The molecule has 0 N–H and O–H groups in total. The highest BCUT2D eigenvalue weighted by Gasteiger charge is 2.28. The molecule has 0 radical (unpaired) electrons. The van der Waals surface area contributed by atoms with E-state index < -0.39 is 26.2 Å². The summed E-state index contributed by atoms with van der Waals surface area (Å²) in [7, 11) is -2.50. The van der Waals surface area contributed by atoms with E-state index in [9.17, 15) is 23.3 Å². The van der Waals surface area contributed by atoms with E-state index >= 15 is 0 Å². The van der Waals surface area contributed by atoms with E-state index in [1.807, 2.05) is 0 Å². The van der Waals surface area contributed by atoms with Crippen LogP contribution in [-0.4, -0.2) is 36.0 Å². The molecule has 254 valence electrons. The predicted molar refractivity (Wildman–Crippen MR) is 185 cm³/mol. The molecule has 0 fully saturated rings. The molecule has 0 saturated carbocycles. The molecule has 0 unspecified atom stereocenters. The minimum Gasteiger partial charge on any atom is -0.370 e. The van der Waals surface area contributed by atoms with Crippen molar-refractivity contribution < 1.29 is 17.9 Å². The second-order valence-corrected chi connectivity index (χ2v) is 14.3. The lowest BCUT2D eigenvalue weighted by Crippen LogP contribution is -2.28. The lowest BCUT2D eigenvalue weighted by Gasteiger charge is -2.17. The van der Waals surface area contributed by atoms with Crippen LogP contribution in [0.15, 0.2) is 62.7 Å². The molecule has 11 heteroatoms. The fourth-order valence-corrected chi connectivity index (χ4v) is 7.13. The van der Waals surface area contributed by atoms with Gasteiger partial charge in [0, 0.05) is 25.2 Å². The number of sulfonamides is 1. The molecule has 9 nitrogen and oxygen atoms in total. The molecule has 0 aliphatic carbocycles. The summed E-state index contributed by atoms with van der Waals surface area (Å²) < 4.78 is 34.4. The summed E-state index contributed by atoms with van der Waals surface area (Å²) in [6.07, 6.45) is 19.8. The third-order valence-corrected chi connectivity index (χ3v) is 10.6. The third kappa shape index (κ3) is 10.8. The maximum absolute atomic E-state index is 13.3. The van der Waals surface area contributed by atoms with Crippen molar-refractivity contribution in [3.63, 3.8) is 0 Å². The number of alkyl halides is 1. The molecule has 1 heterocycles. The van der Waals surface area contributed by atoms with Crippen LogP contribution in [0.25, 0.3) is 17.0 Å². The zero-order chi connectivity index (χ0) is 33.4. The first-order valence-corrected chi connectivity index (χ1v) is 18.8. The van der Waals surface area contributed by atoms with Gasteiger partial charge in [0.15, 0.2) is 11.4 Å². The van der Waals surface area contributed by atoms with Gasteiger partial charge in [-0.3, -0.25) is 14.9 Å². The Labute approximate surface area is 279 Å². The second-order valence-electron chi connectivity index (χ2n) is 12.0. The third-order valence-electron chi connectivity index (χ3n) is 8.47. The summed E-state index contributed by atoms with van der Waals surface area (Å²) in [6.45, 7) is 2.57. The van der Waals surface area contributed by atoms with Gasteiger partial charge in [0.1, 0.15) is 0 Å². The average Bonchev–Trinajstić information content (AvgIpc) is 3.40. The number of halogens is 1. The van der Waals surface area contributed by atoms with Gasteiger partial charge in [-0.2, -0.15) is 0 Å². The van der Waals surface area contributed by atoms with E-state index in [0.29, 0.717) is 18.5 Å². The summed E-state index contributed by atoms with van der Waals surface area (Å²) >= 11 is 6.04. The van der Waals surface area contributed by atoms with Crippen molar-refractivity contribution in [2.45, 2.75) is 120 Å². The Bertz CT molecular complexity index is 1520. The first-order valence-electron chi connectivity index (χ1n) is 16.8. The molecule has 0 spiro atoms. The predicted octanol–water partition coefficient (Wildman–Crippen LogP) is 9.63. The van der Waals surface area contributed by atoms with Crippen molar-refractivity contribution in [2.24, 2.45) is 0 Å². The summed E-state index contributed by atoms with van der Waals surface area (Å²) in [6, 6.07) is 12.3. The van der Waals surface area contributed by atoms with Gasteiger partial charge in [0.05, 0.1) is 21.3 Å². The summed E-state index contributed by atoms with van der Waals surface area (Å²) in [4.78, 5) is 24.2. The van der Waals surface area contributed by atoms with Crippen LogP contribution in [0, 0.1) is 10.1 Å². The first kappa shape index (κ1) is 37.5. The van der Waals surface area contributed by atoms with Crippen molar-refractivity contribution in [3.05, 3.63) is 74.6 Å². The van der Waals surface area contributed by atoms with Crippen molar-refractivity contribution in [1.82, 2.24) is 9.05 Å². The topological polar surface area (TPSA) is 116 Å². The van der Waals surface area contributed by atoms with E-state index in [2.05, 4.69) is 6.92 Å². The molecule has 3 aromatic rings. The molecule has 0 saturated heterocycles. The Hall–Kier alpha value is -2.95. The number of hydrogen-bond donors (Lipinski definition) is 0. The number of benzene rings is 2. The molecule has 0 aliphatic heterocycles. The number of hydrogen-bond acceptors (Lipinski definition) is 6. The van der Waals surface area contributed by atoms with Crippen molar-refractivity contribution >= 4 is 27.3 Å². The maximum atomic E-state index is 13.3. The monoisotopic (exact) mass is 675 g/mol. The highest BCUT2D eigenvalue weighted by molar-refractivity contribution is 7.89. The molecule has 0 aliphatic rings. The van der Waals surface area contributed by atoms with Gasteiger partial charge in [-0.1, -0.05) is 134 Å². The van der Waals surface area contributed by atoms with E-state index in [0.717, 1.165) is 30.1 Å². The van der Waals surface area contributed by atoms with Gasteiger partial charge in [0.2, 0.25) is 10.0 Å². The Morgan fingerprint density at radius 1 is 0.826 bits per heavy atom. The summed E-state index contributed by atoms with van der Waals surface area (Å²) in [5.74, 6) is 0.0365. The number of aromatic nitrogens is 1. The largest absolute Gasteiger partial charge is 0.370 e. The highest BCUT2D eigenvalue weighted by atomic mass is 35.5. The Kier molecular flexibility index (Phi) is 16.0. The first-order chi connectivity index (χ1) is 22.2. The maximum Gasteiger partial charge on any atom is 0.297 e. The van der Waals surface area contributed by atoms with Crippen LogP contribution in [0.2, 0.25) is 0 Å². The quantitative estimate of drug-likeness (QED) is 0.0428. The number of rotatable bonds is 23. The lowest BCUT2D eigenvalue weighted by atomic mass is 10.0. The number of nitro benzene ring substituents is 1. The van der Waals surface area contributed by atoms with Gasteiger partial charge in [-0.05, 0) is 18.6 Å². The second kappa shape index (κ2) is 19.7. The van der Waals surface area contributed by atoms with Crippen molar-refractivity contribution in [1.29, 1.82) is 0 Å². The van der Waals surface area contributed by atoms with Gasteiger partial charge in [-0.25, -0.2) is 12.7 Å². The lowest BCUT2D eigenvalue weighted by molar-refractivity contribution is -0.385. The molecule has 2 aromatic carbocycles. The molecule has 1 aromatic heterocycles. The minimum absolute atomic E-state index is 0.150. The highest BCUT2D eigenvalue weighted by Crippen LogP contribution is 2.30. The van der Waals surface area contributed by atoms with Gasteiger partial charge in [0.25, 0.3) is 11.2 Å². The van der Waals surface area contributed by atoms with Crippen LogP contribution in [0.1, 0.15) is 115 Å². The molecule has 3 rings (SSSR count). The fourth-order valence-electron chi connectivity index (χ4n) is 5.66. The van der Waals surface area contributed by atoms with E-state index in [-0.39, 0.29) is 27.8 Å². The number of unbranched alkanes of at least 4 members (excludes halogenated alkanes) is 15. The van der Waals surface area contributed by atoms with Crippen molar-refractivity contribution in [2.75, 3.05) is 13.6 Å². The van der Waals surface area contributed by atoms with Gasteiger partial charge in [-0.15, -0.1) is 16.3 Å². The smallest absolute Gasteiger partial charge is 0.297 e. The van der Waals surface area contributed by atoms with Crippen LogP contribution < -0.4 is 5.56 Å². The minimum atomic E-state index is -3.99. The molecule has 46 heavy (non-hydrogen) atoms. The standard InChI is InChI=1S/C35H50ClN3O6S/c1-3-4-5-6-7-8-9-10-11-12-13-14-15-16-17-21-26-37(2)46(43,44)30-24-25-32(33(27-30)39(41)42)38-35(40)31(28-36)34(45-38)29-22-19-18-20-23-29/h18-20,22-25,27H,3-17,21,26,28H2,1-2H3. The van der Waals surface area contributed by atoms with E-state index in [1.165, 1.54) is 101 Å². The van der Waals surface area contributed by atoms with Crippen molar-refractivity contribution in [3.8, 4) is 17.0 Å². The molecule has 0 atom stereocenters. The van der Waals surface area contributed by atoms with Crippen LogP contribution in [-0.2, 0) is 15.9 Å². The molecular weight excluding hydrogens is 626 g/mol. The van der Waals surface area contributed by atoms with Crippen LogP contribution >= 0.6 is 11.6 Å². The van der Waals surface area contributed by atoms with Crippen LogP contribution in [0.4, 0.5) is 5.69 Å². The number of nitrogens with zero attached hydrogens (tertiary/aromatic N) is 3. The van der Waals surface area contributed by atoms with Crippen LogP contribution in [0.3, 0.4) is 0 Å². The van der Waals surface area contributed by atoms with Gasteiger partial charge < -0.3 is 4.52 Å². The Morgan fingerprint density at radius 2 is 1.35 bits per heavy atom. The van der Waals surface area contributed by atoms with E-state index in [4.69, 9.17) is 16.1 Å². The Balaban J connectivity index is 1.48. The normalized spacial score (nSPS) is 11.8. The zero-order valence-electron chi connectivity index (χ0n) is 27.4. The Morgan fingerprint density at radius 3 is 1.85 bits per heavy atom. The van der Waals surface area contributed by atoms with E-state index in [1.54, 1.807) is 30.3 Å². The molecular formula is C35H50ClN3O6S. The van der Waals surface area contributed by atoms with Gasteiger partial charge >= 0.3 is 0 Å². The zero-order valence-corrected chi connectivity index (χ0v) is 29.0. The molecule has 0 bridgehead atoms. The average molecular weight is 676 g/mol. The molecule has 0 amide bonds. The summed E-state index contributed by atoms with van der Waals surface area (Å²) in [5, 5.41) is 12.0. The fraction of sp³-hybridized carbons (Fsp3) is 0.571.